The molecule has 0 bridgehead atoms. The Morgan fingerprint density at radius 2 is 0.815 bits per heavy atom. The quantitative estimate of drug-likeness (QED) is 0.167. The maximum absolute atomic E-state index is 6.60. The Morgan fingerprint density at radius 1 is 0.323 bits per heavy atom. The number of benzene rings is 9. The van der Waals surface area contributed by atoms with Crippen LogP contribution < -0.4 is 0 Å². The van der Waals surface area contributed by atoms with Crippen molar-refractivity contribution in [3.63, 3.8) is 0 Å². The molecule has 0 N–H and O–H groups in total. The average molecular weight is 833 g/mol. The molecule has 65 heavy (non-hydrogen) atoms. The summed E-state index contributed by atoms with van der Waals surface area (Å²) in [4.78, 5) is 10.4. The first-order valence-electron chi connectivity index (χ1n) is 22.2. The molecule has 0 saturated carbocycles. The van der Waals surface area contributed by atoms with Gasteiger partial charge in [-0.1, -0.05) is 178 Å². The molecule has 306 valence electrons. The number of nitrogens with zero attached hydrogens (tertiary/aromatic N) is 2. The maximum Gasteiger partial charge on any atom is 0.160 e. The van der Waals surface area contributed by atoms with Crippen molar-refractivity contribution in [1.29, 1.82) is 0 Å². The van der Waals surface area contributed by atoms with Gasteiger partial charge in [-0.2, -0.15) is 0 Å². The molecule has 4 heteroatoms. The lowest BCUT2D eigenvalue weighted by molar-refractivity contribution is 0.660. The van der Waals surface area contributed by atoms with Gasteiger partial charge in [0.2, 0.25) is 0 Å². The van der Waals surface area contributed by atoms with Crippen molar-refractivity contribution in [2.24, 2.45) is 0 Å². The lowest BCUT2D eigenvalue weighted by Crippen LogP contribution is -2.14. The van der Waals surface area contributed by atoms with Crippen molar-refractivity contribution in [3.8, 4) is 78.4 Å². The number of furan rings is 2. The van der Waals surface area contributed by atoms with E-state index in [1.807, 2.05) is 42.5 Å². The molecule has 4 nitrogen and oxygen atoms in total. The standard InChI is InChI=1S/C61H40N2O2/c1-61(2)52-23-9-6-16-46(52)47-31-30-40(35-53(47)61)55-36-54(62-60(63-55)39-14-4-3-5-15-39)38-28-26-37(27-29-38)41-32-42(44-19-12-21-50-48-17-7-10-24-56(48)64-58(44)50)34-43(33-41)45-20-13-22-51-49-18-8-11-25-57(49)65-59(45)51/h3-36H,1-2H3. The molecular formula is C61H40N2O2. The minimum atomic E-state index is -0.121. The van der Waals surface area contributed by atoms with Gasteiger partial charge in [0.1, 0.15) is 22.3 Å². The van der Waals surface area contributed by atoms with E-state index in [4.69, 9.17) is 18.8 Å². The van der Waals surface area contributed by atoms with Crippen LogP contribution in [0.15, 0.2) is 215 Å². The zero-order valence-electron chi connectivity index (χ0n) is 35.8. The van der Waals surface area contributed by atoms with E-state index in [9.17, 15) is 0 Å². The number of hydrogen-bond donors (Lipinski definition) is 0. The van der Waals surface area contributed by atoms with Gasteiger partial charge in [0.05, 0.1) is 11.4 Å². The molecular weight excluding hydrogens is 793 g/mol. The van der Waals surface area contributed by atoms with Crippen LogP contribution in [-0.2, 0) is 5.41 Å². The van der Waals surface area contributed by atoms with E-state index in [-0.39, 0.29) is 5.41 Å². The molecule has 13 rings (SSSR count). The van der Waals surface area contributed by atoms with Crippen LogP contribution in [0.3, 0.4) is 0 Å². The number of rotatable bonds is 6. The van der Waals surface area contributed by atoms with Gasteiger partial charge in [-0.25, -0.2) is 9.97 Å². The first-order chi connectivity index (χ1) is 31.9. The molecule has 0 saturated heterocycles. The lowest BCUT2D eigenvalue weighted by Gasteiger charge is -2.22. The van der Waals surface area contributed by atoms with Crippen molar-refractivity contribution in [2.45, 2.75) is 19.3 Å². The Labute approximate surface area is 376 Å². The fraction of sp³-hybridized carbons (Fsp3) is 0.0492. The van der Waals surface area contributed by atoms with Gasteiger partial charge < -0.3 is 8.83 Å². The van der Waals surface area contributed by atoms with Gasteiger partial charge in [-0.15, -0.1) is 0 Å². The van der Waals surface area contributed by atoms with E-state index >= 15 is 0 Å². The minimum Gasteiger partial charge on any atom is -0.455 e. The second-order valence-corrected chi connectivity index (χ2v) is 17.7. The van der Waals surface area contributed by atoms with E-state index in [1.54, 1.807) is 0 Å². The number of aromatic nitrogens is 2. The van der Waals surface area contributed by atoms with E-state index in [0.29, 0.717) is 5.82 Å². The zero-order chi connectivity index (χ0) is 43.2. The van der Waals surface area contributed by atoms with Crippen LogP contribution in [0.4, 0.5) is 0 Å². The van der Waals surface area contributed by atoms with Gasteiger partial charge in [-0.3, -0.25) is 0 Å². The summed E-state index contributed by atoms with van der Waals surface area (Å²) in [6, 6.07) is 73.0. The summed E-state index contributed by atoms with van der Waals surface area (Å²) in [6.45, 7) is 4.64. The molecule has 3 aromatic heterocycles. The molecule has 0 spiro atoms. The maximum atomic E-state index is 6.60. The second-order valence-electron chi connectivity index (χ2n) is 17.7. The lowest BCUT2D eigenvalue weighted by atomic mass is 9.82. The molecule has 0 amide bonds. The van der Waals surface area contributed by atoms with Crippen molar-refractivity contribution >= 4 is 43.9 Å². The van der Waals surface area contributed by atoms with E-state index < -0.39 is 0 Å². The summed E-state index contributed by atoms with van der Waals surface area (Å²) >= 11 is 0. The topological polar surface area (TPSA) is 52.1 Å². The number of fused-ring (bicyclic) bond motifs is 9. The van der Waals surface area contributed by atoms with Crippen LogP contribution in [0, 0.1) is 0 Å². The Kier molecular flexibility index (Phi) is 8.22. The fourth-order valence-electron chi connectivity index (χ4n) is 10.2. The predicted octanol–water partition coefficient (Wildman–Crippen LogP) is 16.6. The van der Waals surface area contributed by atoms with Crippen molar-refractivity contribution in [2.75, 3.05) is 0 Å². The first-order valence-corrected chi connectivity index (χ1v) is 22.2. The Bertz CT molecular complexity index is 3720. The molecule has 0 atom stereocenters. The van der Waals surface area contributed by atoms with Gasteiger partial charge in [0, 0.05) is 54.8 Å². The highest BCUT2D eigenvalue weighted by Crippen LogP contribution is 2.50. The van der Waals surface area contributed by atoms with Crippen LogP contribution in [0.5, 0.6) is 0 Å². The third-order valence-corrected chi connectivity index (χ3v) is 13.5. The van der Waals surface area contributed by atoms with Crippen LogP contribution in [0.1, 0.15) is 25.0 Å². The largest absolute Gasteiger partial charge is 0.455 e. The summed E-state index contributed by atoms with van der Waals surface area (Å²) in [5.41, 5.74) is 19.9. The van der Waals surface area contributed by atoms with Crippen LogP contribution in [-0.4, -0.2) is 9.97 Å². The summed E-state index contributed by atoms with van der Waals surface area (Å²) in [6.07, 6.45) is 0. The van der Waals surface area contributed by atoms with E-state index in [2.05, 4.69) is 178 Å². The molecule has 1 aliphatic rings. The fourth-order valence-corrected chi connectivity index (χ4v) is 10.2. The predicted molar refractivity (Wildman–Crippen MR) is 267 cm³/mol. The minimum absolute atomic E-state index is 0.121. The molecule has 1 aliphatic carbocycles. The van der Waals surface area contributed by atoms with Gasteiger partial charge in [-0.05, 0) is 87.0 Å². The highest BCUT2D eigenvalue weighted by atomic mass is 16.3. The van der Waals surface area contributed by atoms with Crippen LogP contribution in [0.25, 0.3) is 122 Å². The van der Waals surface area contributed by atoms with Crippen molar-refractivity contribution in [3.05, 3.63) is 217 Å². The highest BCUT2D eigenvalue weighted by Gasteiger charge is 2.35. The molecule has 0 unspecified atom stereocenters. The van der Waals surface area contributed by atoms with E-state index in [1.165, 1.54) is 22.3 Å². The third kappa shape index (κ3) is 5.98. The summed E-state index contributed by atoms with van der Waals surface area (Å²) in [7, 11) is 0. The molecule has 9 aromatic carbocycles. The van der Waals surface area contributed by atoms with Crippen molar-refractivity contribution in [1.82, 2.24) is 9.97 Å². The second kappa shape index (κ2) is 14.3. The van der Waals surface area contributed by atoms with Gasteiger partial charge >= 0.3 is 0 Å². The molecule has 0 fully saturated rings. The van der Waals surface area contributed by atoms with E-state index in [0.717, 1.165) is 105 Å². The SMILES string of the molecule is CC1(C)c2ccccc2-c2ccc(-c3cc(-c4ccc(-c5cc(-c6cccc7c6oc6ccccc67)cc(-c6cccc7c6oc6ccccc67)c5)cc4)nc(-c4ccccc4)n3)cc21. The summed E-state index contributed by atoms with van der Waals surface area (Å²) in [5, 5.41) is 4.41. The number of hydrogen-bond acceptors (Lipinski definition) is 4. The third-order valence-electron chi connectivity index (χ3n) is 13.5. The molecule has 0 aliphatic heterocycles. The Balaban J connectivity index is 0.950. The monoisotopic (exact) mass is 832 g/mol. The molecule has 3 heterocycles. The number of para-hydroxylation sites is 4. The van der Waals surface area contributed by atoms with Gasteiger partial charge in [0.25, 0.3) is 0 Å². The van der Waals surface area contributed by atoms with Gasteiger partial charge in [0.15, 0.2) is 5.82 Å². The summed E-state index contributed by atoms with van der Waals surface area (Å²) < 4.78 is 13.2. The average Bonchev–Trinajstić information content (AvgIpc) is 4.01. The Hall–Kier alpha value is -8.34. The van der Waals surface area contributed by atoms with Crippen LogP contribution in [0.2, 0.25) is 0 Å². The molecule has 12 aromatic rings. The smallest absolute Gasteiger partial charge is 0.160 e. The highest BCUT2D eigenvalue weighted by molar-refractivity contribution is 6.12. The first kappa shape index (κ1) is 37.2. The van der Waals surface area contributed by atoms with Crippen LogP contribution >= 0.6 is 0 Å². The molecule has 0 radical (unpaired) electrons. The Morgan fingerprint density at radius 3 is 1.48 bits per heavy atom. The summed E-state index contributed by atoms with van der Waals surface area (Å²) in [5.74, 6) is 0.696. The normalized spacial score (nSPS) is 12.9. The van der Waals surface area contributed by atoms with Crippen molar-refractivity contribution < 1.29 is 8.83 Å². The zero-order valence-corrected chi connectivity index (χ0v) is 35.8.